The van der Waals surface area contributed by atoms with Crippen molar-refractivity contribution >= 4 is 24.1 Å². The number of unbranched alkanes of at least 4 members (excludes halogenated alkanes) is 1. The smallest absolute Gasteiger partial charge is 0.408 e. The molecular weight excluding hydrogens is 688 g/mol. The predicted molar refractivity (Wildman–Crippen MR) is 184 cm³/mol. The number of ether oxygens (including phenoxy) is 6. The number of nitrogens with one attached hydrogen (secondary N) is 2. The minimum Gasteiger partial charge on any atom is -0.461 e. The summed E-state index contributed by atoms with van der Waals surface area (Å²) >= 11 is 0. The van der Waals surface area contributed by atoms with Gasteiger partial charge in [-0.25, -0.2) is 24.0 Å². The molecule has 2 saturated heterocycles. The summed E-state index contributed by atoms with van der Waals surface area (Å²) in [6.45, 7) is 0.169. The van der Waals surface area contributed by atoms with E-state index in [1.807, 2.05) is 91.0 Å². The van der Waals surface area contributed by atoms with E-state index < -0.39 is 60.9 Å². The number of aromatic nitrogens is 3. The zero-order chi connectivity index (χ0) is 37.0. The fraction of sp³-hybridized carbons (Fsp3) is 0.351. The maximum absolute atomic E-state index is 13.5. The molecule has 2 fully saturated rings. The number of primary amides is 1. The molecular formula is C37H40N6O10. The topological polar surface area (TPSA) is 204 Å². The van der Waals surface area contributed by atoms with Crippen LogP contribution < -0.4 is 16.4 Å². The van der Waals surface area contributed by atoms with E-state index in [1.165, 1.54) is 11.0 Å². The number of amides is 3. The lowest BCUT2D eigenvalue weighted by atomic mass is 10.1. The molecule has 3 heterocycles. The lowest BCUT2D eigenvalue weighted by Gasteiger charge is -2.22. The molecule has 0 radical (unpaired) electrons. The molecule has 3 aromatic carbocycles. The van der Waals surface area contributed by atoms with Crippen LogP contribution in [-0.2, 0) is 46.4 Å². The van der Waals surface area contributed by atoms with Gasteiger partial charge in [-0.2, -0.15) is 0 Å². The van der Waals surface area contributed by atoms with E-state index in [1.54, 1.807) is 0 Å². The van der Waals surface area contributed by atoms with Crippen molar-refractivity contribution in [3.05, 3.63) is 120 Å². The number of hydrogen-bond acceptors (Lipinski definition) is 12. The average molecular weight is 729 g/mol. The molecule has 278 valence electrons. The molecule has 16 heteroatoms. The monoisotopic (exact) mass is 728 g/mol. The number of nitrogens with two attached hydrogens (primary N) is 1. The zero-order valence-electron chi connectivity index (χ0n) is 28.7. The van der Waals surface area contributed by atoms with E-state index in [9.17, 15) is 19.2 Å². The molecule has 4 N–H and O–H groups in total. The first kappa shape index (κ1) is 36.9. The highest BCUT2D eigenvalue weighted by molar-refractivity contribution is 5.88. The van der Waals surface area contributed by atoms with Crippen LogP contribution in [0.25, 0.3) is 0 Å². The summed E-state index contributed by atoms with van der Waals surface area (Å²) in [6.07, 6.45) is -2.81. The Balaban J connectivity index is 1.06. The van der Waals surface area contributed by atoms with E-state index in [0.717, 1.165) is 16.7 Å². The van der Waals surface area contributed by atoms with Crippen molar-refractivity contribution in [1.82, 2.24) is 25.4 Å². The molecule has 6 rings (SSSR count). The lowest BCUT2D eigenvalue weighted by Crippen LogP contribution is -2.43. The van der Waals surface area contributed by atoms with Gasteiger partial charge in [0.25, 0.3) is 5.91 Å². The molecule has 1 aromatic heterocycles. The van der Waals surface area contributed by atoms with E-state index in [4.69, 9.17) is 34.2 Å². The van der Waals surface area contributed by atoms with Crippen molar-refractivity contribution in [2.75, 3.05) is 13.2 Å². The van der Waals surface area contributed by atoms with Gasteiger partial charge in [-0.3, -0.25) is 4.79 Å². The van der Waals surface area contributed by atoms with E-state index >= 15 is 0 Å². The fourth-order valence-electron chi connectivity index (χ4n) is 5.82. The molecule has 16 nitrogen and oxygen atoms in total. The average Bonchev–Trinajstić information content (AvgIpc) is 3.93. The number of benzene rings is 3. The second-order valence-electron chi connectivity index (χ2n) is 12.3. The molecule has 0 spiro atoms. The van der Waals surface area contributed by atoms with E-state index in [-0.39, 0.29) is 38.6 Å². The number of carbonyl (C=O) groups is 4. The van der Waals surface area contributed by atoms with Crippen molar-refractivity contribution in [3.63, 3.8) is 0 Å². The highest BCUT2D eigenvalue weighted by Gasteiger charge is 2.54. The Labute approximate surface area is 304 Å². The Morgan fingerprint density at radius 3 is 2.04 bits per heavy atom. The zero-order valence-corrected chi connectivity index (χ0v) is 28.7. The molecule has 0 saturated carbocycles. The van der Waals surface area contributed by atoms with Gasteiger partial charge < -0.3 is 44.8 Å². The number of alkyl carbamates (subject to hydrolysis) is 2. The molecule has 53 heavy (non-hydrogen) atoms. The molecule has 0 aliphatic carbocycles. The molecule has 2 aliphatic heterocycles. The predicted octanol–water partition coefficient (Wildman–Crippen LogP) is 3.69. The fourth-order valence-corrected chi connectivity index (χ4v) is 5.82. The maximum Gasteiger partial charge on any atom is 0.408 e. The van der Waals surface area contributed by atoms with Crippen LogP contribution in [0.2, 0.25) is 0 Å². The summed E-state index contributed by atoms with van der Waals surface area (Å²) in [4.78, 5) is 54.1. The first-order valence-electron chi connectivity index (χ1n) is 17.1. The highest BCUT2D eigenvalue weighted by Crippen LogP contribution is 2.44. The number of fused-ring (bicyclic) bond motifs is 1. The third-order valence-corrected chi connectivity index (χ3v) is 8.49. The van der Waals surface area contributed by atoms with Crippen LogP contribution in [0.1, 0.15) is 59.1 Å². The summed E-state index contributed by atoms with van der Waals surface area (Å²) in [5.41, 5.74) is 7.76. The Kier molecular flexibility index (Phi) is 12.6. The van der Waals surface area contributed by atoms with Gasteiger partial charge >= 0.3 is 18.2 Å². The maximum atomic E-state index is 13.5. The summed E-state index contributed by atoms with van der Waals surface area (Å²) < 4.78 is 36.3. The van der Waals surface area contributed by atoms with Crippen molar-refractivity contribution in [2.45, 2.75) is 69.3 Å². The van der Waals surface area contributed by atoms with E-state index in [0.29, 0.717) is 12.8 Å². The van der Waals surface area contributed by atoms with Crippen LogP contribution in [0.15, 0.2) is 97.3 Å². The first-order chi connectivity index (χ1) is 25.8. The van der Waals surface area contributed by atoms with Gasteiger partial charge in [0.1, 0.15) is 50.5 Å². The quantitative estimate of drug-likeness (QED) is 0.0859. The Hall–Kier alpha value is -5.84. The minimum atomic E-state index is -1.08. The molecule has 6 atom stereocenters. The van der Waals surface area contributed by atoms with Crippen LogP contribution in [0.5, 0.6) is 0 Å². The molecule has 0 bridgehead atoms. The SMILES string of the molecule is NC(=O)c1ncn([C@@H]2O[C@H](COC(=O)[C@H](CCCCNC(=O)OCc3ccccc3)NC(=O)OCc3ccccc3)C3OC(c4ccccc4)O[C@H]32)n1. The Morgan fingerprint density at radius 2 is 1.40 bits per heavy atom. The van der Waals surface area contributed by atoms with Crippen LogP contribution in [-0.4, -0.2) is 76.3 Å². The standard InChI is InChI=1S/C37H40N6O10/c38-31(44)32-40-23-43(42-32)33-30-29(52-35(53-30)26-16-8-3-9-17-26)28(51-33)22-48-34(45)27(41-37(47)50-21-25-14-6-2-7-15-25)18-10-11-19-39-36(46)49-20-24-12-4-1-5-13-24/h1-9,12-17,23,27-30,33,35H,10-11,18-22H2,(H2,38,44)(H,39,46)(H,41,47)/t27-,28+,29?,30+,33+,35?/m0/s1. The van der Waals surface area contributed by atoms with Crippen LogP contribution >= 0.6 is 0 Å². The number of hydrogen-bond donors (Lipinski definition) is 3. The highest BCUT2D eigenvalue weighted by atomic mass is 16.8. The number of nitrogens with zero attached hydrogens (tertiary/aromatic N) is 3. The second kappa shape index (κ2) is 18.1. The van der Waals surface area contributed by atoms with Crippen LogP contribution in [0.3, 0.4) is 0 Å². The summed E-state index contributed by atoms with van der Waals surface area (Å²) in [5, 5.41) is 9.43. The van der Waals surface area contributed by atoms with Crippen molar-refractivity contribution < 1.29 is 47.6 Å². The minimum absolute atomic E-state index is 0.00347. The third-order valence-electron chi connectivity index (χ3n) is 8.49. The number of rotatable bonds is 16. The van der Waals surface area contributed by atoms with Gasteiger partial charge in [0.15, 0.2) is 12.5 Å². The molecule has 3 amide bonds. The van der Waals surface area contributed by atoms with Gasteiger partial charge in [-0.05, 0) is 30.4 Å². The van der Waals surface area contributed by atoms with Crippen LogP contribution in [0, 0.1) is 0 Å². The number of esters is 1. The van der Waals surface area contributed by atoms with Gasteiger partial charge in [0.2, 0.25) is 5.82 Å². The first-order valence-corrected chi connectivity index (χ1v) is 17.1. The van der Waals surface area contributed by atoms with Crippen molar-refractivity contribution in [2.24, 2.45) is 5.73 Å². The third kappa shape index (κ3) is 10.2. The Bertz CT molecular complexity index is 1810. The number of carbonyl (C=O) groups excluding carboxylic acids is 4. The summed E-state index contributed by atoms with van der Waals surface area (Å²) in [6, 6.07) is 26.6. The summed E-state index contributed by atoms with van der Waals surface area (Å²) in [5.74, 6) is -1.74. The van der Waals surface area contributed by atoms with Gasteiger partial charge in [0, 0.05) is 12.1 Å². The van der Waals surface area contributed by atoms with Gasteiger partial charge in [-0.1, -0.05) is 91.0 Å². The van der Waals surface area contributed by atoms with Crippen LogP contribution in [0.4, 0.5) is 9.59 Å². The van der Waals surface area contributed by atoms with Crippen molar-refractivity contribution in [3.8, 4) is 0 Å². The summed E-state index contributed by atoms with van der Waals surface area (Å²) in [7, 11) is 0. The Morgan fingerprint density at radius 1 is 0.774 bits per heavy atom. The van der Waals surface area contributed by atoms with E-state index in [2.05, 4.69) is 20.7 Å². The molecule has 2 unspecified atom stereocenters. The van der Waals surface area contributed by atoms with Gasteiger partial charge in [0.05, 0.1) is 0 Å². The molecule has 4 aromatic rings. The second-order valence-corrected chi connectivity index (χ2v) is 12.3. The van der Waals surface area contributed by atoms with Gasteiger partial charge in [-0.15, -0.1) is 5.10 Å². The largest absolute Gasteiger partial charge is 0.461 e. The molecule has 2 aliphatic rings. The lowest BCUT2D eigenvalue weighted by molar-refractivity contribution is -0.169. The normalized spacial score (nSPS) is 20.9. The van der Waals surface area contributed by atoms with Crippen molar-refractivity contribution in [1.29, 1.82) is 0 Å².